The van der Waals surface area contributed by atoms with Crippen molar-refractivity contribution in [2.75, 3.05) is 22.9 Å². The molecule has 4 N–H and O–H groups in total. The molecule has 0 radical (unpaired) electrons. The number of ether oxygens (including phenoxy) is 1. The second kappa shape index (κ2) is 6.78. The first kappa shape index (κ1) is 17.1. The van der Waals surface area contributed by atoms with Crippen molar-refractivity contribution in [3.63, 3.8) is 0 Å². The molecule has 0 bridgehead atoms. The van der Waals surface area contributed by atoms with Crippen molar-refractivity contribution in [3.05, 3.63) is 53.8 Å². The summed E-state index contributed by atoms with van der Waals surface area (Å²) in [5.74, 6) is 1.21. The van der Waals surface area contributed by atoms with Crippen molar-refractivity contribution < 1.29 is 4.74 Å². The van der Waals surface area contributed by atoms with Crippen LogP contribution >= 0.6 is 0 Å². The summed E-state index contributed by atoms with van der Waals surface area (Å²) in [5.41, 5.74) is 16.6. The first-order valence-electron chi connectivity index (χ1n) is 9.34. The SMILES string of the molecule is CC(C)C1=CN(c2cnccc2N2CCC[C@H](N)C2)C2=CC(N)OC2=C1. The molecule has 0 saturated carbocycles. The maximum absolute atomic E-state index is 6.22. The Morgan fingerprint density at radius 2 is 2.12 bits per heavy atom. The largest absolute Gasteiger partial charge is 0.470 e. The molecule has 6 nitrogen and oxygen atoms in total. The lowest BCUT2D eigenvalue weighted by Gasteiger charge is -2.36. The highest BCUT2D eigenvalue weighted by atomic mass is 16.5. The molecule has 2 atom stereocenters. The van der Waals surface area contributed by atoms with E-state index in [0.29, 0.717) is 5.92 Å². The minimum absolute atomic E-state index is 0.214. The maximum atomic E-state index is 6.22. The van der Waals surface area contributed by atoms with Crippen LogP contribution in [0.25, 0.3) is 0 Å². The van der Waals surface area contributed by atoms with Crippen LogP contribution in [0.4, 0.5) is 11.4 Å². The first-order chi connectivity index (χ1) is 12.5. The average Bonchev–Trinajstić information content (AvgIpc) is 3.01. The monoisotopic (exact) mass is 353 g/mol. The van der Waals surface area contributed by atoms with E-state index >= 15 is 0 Å². The second-order valence-electron chi connectivity index (χ2n) is 7.51. The van der Waals surface area contributed by atoms with Gasteiger partial charge in [-0.15, -0.1) is 0 Å². The number of allylic oxidation sites excluding steroid dienone is 2. The van der Waals surface area contributed by atoms with E-state index in [-0.39, 0.29) is 6.04 Å². The zero-order valence-electron chi connectivity index (χ0n) is 15.4. The van der Waals surface area contributed by atoms with E-state index < -0.39 is 6.23 Å². The summed E-state index contributed by atoms with van der Waals surface area (Å²) in [6, 6.07) is 2.29. The molecule has 1 saturated heterocycles. The Hall–Kier alpha value is -2.31. The van der Waals surface area contributed by atoms with E-state index in [0.717, 1.165) is 48.8 Å². The Bertz CT molecular complexity index is 782. The number of hydrogen-bond acceptors (Lipinski definition) is 6. The molecule has 0 spiro atoms. The third kappa shape index (κ3) is 3.10. The molecule has 3 aliphatic heterocycles. The van der Waals surface area contributed by atoms with Crippen molar-refractivity contribution in [2.45, 2.75) is 39.0 Å². The van der Waals surface area contributed by atoms with E-state index in [1.54, 1.807) is 0 Å². The normalized spacial score (nSPS) is 25.5. The molecule has 1 fully saturated rings. The van der Waals surface area contributed by atoms with Crippen LogP contribution in [0.3, 0.4) is 0 Å². The number of piperidine rings is 1. The van der Waals surface area contributed by atoms with Gasteiger partial charge >= 0.3 is 0 Å². The molecule has 1 unspecified atom stereocenters. The standard InChI is InChI=1S/C20H27N5O/c1-13(2)14-8-19-17(9-20(22)26-19)25(11-14)18-10-23-6-5-16(18)24-7-3-4-15(21)12-24/h5-6,8-11,13,15,20H,3-4,7,12,21-22H2,1-2H3/t15-,20?/m0/s1. The van der Waals surface area contributed by atoms with Crippen LogP contribution in [0.15, 0.2) is 53.8 Å². The van der Waals surface area contributed by atoms with Gasteiger partial charge in [0.05, 0.1) is 23.3 Å². The molecule has 1 aromatic heterocycles. The van der Waals surface area contributed by atoms with Crippen LogP contribution in [0, 0.1) is 5.92 Å². The summed E-state index contributed by atoms with van der Waals surface area (Å²) >= 11 is 0. The molecule has 4 heterocycles. The molecule has 4 rings (SSSR count). The van der Waals surface area contributed by atoms with Crippen LogP contribution in [-0.2, 0) is 4.74 Å². The Morgan fingerprint density at radius 3 is 2.88 bits per heavy atom. The maximum Gasteiger partial charge on any atom is 0.169 e. The summed E-state index contributed by atoms with van der Waals surface area (Å²) in [6.45, 7) is 6.23. The van der Waals surface area contributed by atoms with Crippen LogP contribution in [0.1, 0.15) is 26.7 Å². The van der Waals surface area contributed by atoms with Crippen molar-refractivity contribution >= 4 is 11.4 Å². The van der Waals surface area contributed by atoms with Gasteiger partial charge in [0.25, 0.3) is 0 Å². The quantitative estimate of drug-likeness (QED) is 0.869. The average molecular weight is 353 g/mol. The summed E-state index contributed by atoms with van der Waals surface area (Å²) < 4.78 is 5.81. The van der Waals surface area contributed by atoms with Gasteiger partial charge in [-0.05, 0) is 42.6 Å². The van der Waals surface area contributed by atoms with Crippen molar-refractivity contribution in [3.8, 4) is 0 Å². The van der Waals surface area contributed by atoms with Crippen molar-refractivity contribution in [1.29, 1.82) is 0 Å². The molecule has 0 aromatic carbocycles. The fourth-order valence-electron chi connectivity index (χ4n) is 3.77. The zero-order chi connectivity index (χ0) is 18.3. The molecule has 6 heteroatoms. The van der Waals surface area contributed by atoms with Gasteiger partial charge in [0.2, 0.25) is 0 Å². The Morgan fingerprint density at radius 1 is 1.27 bits per heavy atom. The van der Waals surface area contributed by atoms with Gasteiger partial charge in [-0.1, -0.05) is 13.8 Å². The number of pyridine rings is 1. The number of rotatable bonds is 3. The number of fused-ring (bicyclic) bond motifs is 1. The van der Waals surface area contributed by atoms with Gasteiger partial charge in [0.15, 0.2) is 6.23 Å². The second-order valence-corrected chi connectivity index (χ2v) is 7.51. The number of anilines is 2. The van der Waals surface area contributed by atoms with Gasteiger partial charge < -0.3 is 20.3 Å². The fourth-order valence-corrected chi connectivity index (χ4v) is 3.77. The Kier molecular flexibility index (Phi) is 4.46. The lowest BCUT2D eigenvalue weighted by atomic mass is 9.99. The summed E-state index contributed by atoms with van der Waals surface area (Å²) in [4.78, 5) is 8.92. The highest BCUT2D eigenvalue weighted by Gasteiger charge is 2.31. The van der Waals surface area contributed by atoms with Gasteiger partial charge in [0, 0.05) is 31.5 Å². The van der Waals surface area contributed by atoms with Crippen LogP contribution < -0.4 is 21.3 Å². The number of nitrogens with two attached hydrogens (primary N) is 2. The van der Waals surface area contributed by atoms with Crippen molar-refractivity contribution in [2.24, 2.45) is 17.4 Å². The topological polar surface area (TPSA) is 80.6 Å². The number of aromatic nitrogens is 1. The van der Waals surface area contributed by atoms with E-state index in [9.17, 15) is 0 Å². The van der Waals surface area contributed by atoms with Crippen molar-refractivity contribution in [1.82, 2.24) is 4.98 Å². The Balaban J connectivity index is 1.77. The van der Waals surface area contributed by atoms with Gasteiger partial charge in [-0.25, -0.2) is 0 Å². The smallest absolute Gasteiger partial charge is 0.169 e. The van der Waals surface area contributed by atoms with Crippen LogP contribution in [0.5, 0.6) is 0 Å². The highest BCUT2D eigenvalue weighted by Crippen LogP contribution is 2.40. The van der Waals surface area contributed by atoms with Gasteiger partial charge in [0.1, 0.15) is 5.76 Å². The third-order valence-corrected chi connectivity index (χ3v) is 5.18. The van der Waals surface area contributed by atoms with E-state index in [2.05, 4.69) is 47.0 Å². The van der Waals surface area contributed by atoms with Crippen LogP contribution in [-0.4, -0.2) is 30.3 Å². The minimum atomic E-state index is -0.415. The predicted molar refractivity (Wildman–Crippen MR) is 104 cm³/mol. The lowest BCUT2D eigenvalue weighted by molar-refractivity contribution is 0.185. The molecular formula is C20H27N5O. The van der Waals surface area contributed by atoms with Crippen LogP contribution in [0.2, 0.25) is 0 Å². The molecule has 0 amide bonds. The molecule has 1 aromatic rings. The van der Waals surface area contributed by atoms with E-state index in [1.807, 2.05) is 18.5 Å². The predicted octanol–water partition coefficient (Wildman–Crippen LogP) is 2.45. The summed E-state index contributed by atoms with van der Waals surface area (Å²) in [6.07, 6.45) is 11.8. The van der Waals surface area contributed by atoms with E-state index in [1.165, 1.54) is 5.57 Å². The zero-order valence-corrected chi connectivity index (χ0v) is 15.4. The van der Waals surface area contributed by atoms with Gasteiger partial charge in [-0.3, -0.25) is 10.7 Å². The molecular weight excluding hydrogens is 326 g/mol. The van der Waals surface area contributed by atoms with E-state index in [4.69, 9.17) is 16.2 Å². The highest BCUT2D eigenvalue weighted by molar-refractivity contribution is 5.76. The minimum Gasteiger partial charge on any atom is -0.470 e. The molecule has 0 aliphatic carbocycles. The lowest BCUT2D eigenvalue weighted by Crippen LogP contribution is -2.43. The summed E-state index contributed by atoms with van der Waals surface area (Å²) in [7, 11) is 0. The Labute approximate surface area is 154 Å². The number of hydrogen-bond donors (Lipinski definition) is 2. The summed E-state index contributed by atoms with van der Waals surface area (Å²) in [5, 5.41) is 0. The first-order valence-corrected chi connectivity index (χ1v) is 9.34. The van der Waals surface area contributed by atoms with Gasteiger partial charge in [-0.2, -0.15) is 0 Å². The molecule has 138 valence electrons. The molecule has 3 aliphatic rings. The number of nitrogens with zero attached hydrogens (tertiary/aromatic N) is 3. The molecule has 26 heavy (non-hydrogen) atoms. The fraction of sp³-hybridized carbons (Fsp3) is 0.450. The third-order valence-electron chi connectivity index (χ3n) is 5.18.